The minimum absolute atomic E-state index is 0.163. The lowest BCUT2D eigenvalue weighted by Gasteiger charge is -2.31. The van der Waals surface area contributed by atoms with Crippen molar-refractivity contribution >= 4 is 26.9 Å². The van der Waals surface area contributed by atoms with Gasteiger partial charge in [0.2, 0.25) is 10.0 Å². The van der Waals surface area contributed by atoms with Gasteiger partial charge in [-0.2, -0.15) is 4.31 Å². The number of benzene rings is 1. The normalized spacial score (nSPS) is 19.0. The van der Waals surface area contributed by atoms with Crippen LogP contribution in [0.1, 0.15) is 25.3 Å². The van der Waals surface area contributed by atoms with Crippen LogP contribution in [0.25, 0.3) is 10.9 Å². The van der Waals surface area contributed by atoms with Gasteiger partial charge >= 0.3 is 5.97 Å². The Kier molecular flexibility index (Phi) is 5.06. The topological polar surface area (TPSA) is 76.6 Å². The first-order valence-corrected chi connectivity index (χ1v) is 9.90. The van der Waals surface area contributed by atoms with Gasteiger partial charge in [-0.15, -0.1) is 0 Å². The molecule has 1 aromatic carbocycles. The van der Waals surface area contributed by atoms with E-state index in [4.69, 9.17) is 4.74 Å². The van der Waals surface area contributed by atoms with Gasteiger partial charge in [0.1, 0.15) is 0 Å². The number of rotatable bonds is 4. The van der Waals surface area contributed by atoms with Crippen molar-refractivity contribution in [2.45, 2.75) is 31.6 Å². The van der Waals surface area contributed by atoms with E-state index in [1.165, 1.54) is 4.31 Å². The molecule has 1 aliphatic rings. The molecule has 1 atom stereocenters. The monoisotopic (exact) mass is 362 g/mol. The third kappa shape index (κ3) is 3.39. The van der Waals surface area contributed by atoms with Crippen molar-refractivity contribution in [1.82, 2.24) is 9.29 Å². The highest BCUT2D eigenvalue weighted by Gasteiger charge is 2.34. The molecule has 7 heteroatoms. The molecule has 1 aromatic heterocycles. The van der Waals surface area contributed by atoms with E-state index in [1.807, 2.05) is 6.92 Å². The average Bonchev–Trinajstić information content (AvgIpc) is 2.62. The number of carbonyl (C=O) groups is 1. The largest absolute Gasteiger partial charge is 0.466 e. The van der Waals surface area contributed by atoms with Crippen LogP contribution >= 0.6 is 0 Å². The van der Waals surface area contributed by atoms with Gasteiger partial charge in [0.15, 0.2) is 0 Å². The molecule has 0 spiro atoms. The van der Waals surface area contributed by atoms with E-state index in [0.29, 0.717) is 36.9 Å². The molecule has 0 aliphatic carbocycles. The molecule has 6 nitrogen and oxygen atoms in total. The Morgan fingerprint density at radius 3 is 2.92 bits per heavy atom. The van der Waals surface area contributed by atoms with Crippen LogP contribution < -0.4 is 0 Å². The summed E-state index contributed by atoms with van der Waals surface area (Å²) in [6, 6.07) is 6.91. The third-order valence-corrected chi connectivity index (χ3v) is 6.48. The van der Waals surface area contributed by atoms with Crippen LogP contribution in [0.4, 0.5) is 0 Å². The number of aryl methyl sites for hydroxylation is 1. The number of esters is 1. The standard InChI is InChI=1S/C18H22N2O4S/c1-3-24-18(21)14-6-5-11-20(12-14)25(22,23)16-9-8-13(2)17-15(16)7-4-10-19-17/h4,7-10,14H,3,5-6,11-12H2,1-2H3. The molecule has 0 radical (unpaired) electrons. The summed E-state index contributed by atoms with van der Waals surface area (Å²) in [6.45, 7) is 4.53. The second kappa shape index (κ2) is 7.09. The molecule has 0 amide bonds. The Morgan fingerprint density at radius 1 is 1.36 bits per heavy atom. The van der Waals surface area contributed by atoms with E-state index in [-0.39, 0.29) is 17.4 Å². The van der Waals surface area contributed by atoms with Crippen molar-refractivity contribution in [2.24, 2.45) is 5.92 Å². The number of hydrogen-bond donors (Lipinski definition) is 0. The number of nitrogens with zero attached hydrogens (tertiary/aromatic N) is 2. The summed E-state index contributed by atoms with van der Waals surface area (Å²) < 4.78 is 32.8. The predicted molar refractivity (Wildman–Crippen MR) is 94.6 cm³/mol. The number of piperidine rings is 1. The van der Waals surface area contributed by atoms with Crippen molar-refractivity contribution in [2.75, 3.05) is 19.7 Å². The van der Waals surface area contributed by atoms with E-state index in [9.17, 15) is 13.2 Å². The fourth-order valence-corrected chi connectivity index (χ4v) is 4.97. The van der Waals surface area contributed by atoms with Crippen LogP contribution in [0, 0.1) is 12.8 Å². The predicted octanol–water partition coefficient (Wildman–Crippen LogP) is 2.51. The Labute approximate surface area is 147 Å². The van der Waals surface area contributed by atoms with Crippen LogP contribution in [-0.4, -0.2) is 43.4 Å². The molecule has 134 valence electrons. The van der Waals surface area contributed by atoms with Gasteiger partial charge in [0.25, 0.3) is 0 Å². The van der Waals surface area contributed by atoms with Crippen molar-refractivity contribution in [3.05, 3.63) is 36.0 Å². The van der Waals surface area contributed by atoms with E-state index in [2.05, 4.69) is 4.98 Å². The number of sulfonamides is 1. The average molecular weight is 362 g/mol. The maximum absolute atomic E-state index is 13.2. The fourth-order valence-electron chi connectivity index (χ4n) is 3.27. The SMILES string of the molecule is CCOC(=O)C1CCCN(S(=O)(=O)c2ccc(C)c3ncccc23)C1. The van der Waals surface area contributed by atoms with E-state index in [0.717, 1.165) is 5.56 Å². The molecule has 0 N–H and O–H groups in total. The van der Waals surface area contributed by atoms with Gasteiger partial charge in [-0.05, 0) is 50.5 Å². The van der Waals surface area contributed by atoms with Crippen LogP contribution in [0.2, 0.25) is 0 Å². The number of pyridine rings is 1. The molecule has 1 aliphatic heterocycles. The molecule has 2 heterocycles. The number of fused-ring (bicyclic) bond motifs is 1. The lowest BCUT2D eigenvalue weighted by molar-refractivity contribution is -0.149. The molecule has 0 saturated carbocycles. The summed E-state index contributed by atoms with van der Waals surface area (Å²) >= 11 is 0. The molecule has 1 unspecified atom stereocenters. The first-order chi connectivity index (χ1) is 11.9. The number of aromatic nitrogens is 1. The molecule has 0 bridgehead atoms. The van der Waals surface area contributed by atoms with Gasteiger partial charge in [-0.3, -0.25) is 9.78 Å². The second-order valence-electron chi connectivity index (χ2n) is 6.23. The highest BCUT2D eigenvalue weighted by molar-refractivity contribution is 7.89. The Bertz CT molecular complexity index is 895. The Morgan fingerprint density at radius 2 is 2.16 bits per heavy atom. The first-order valence-electron chi connectivity index (χ1n) is 8.46. The smallest absolute Gasteiger partial charge is 0.310 e. The zero-order valence-corrected chi connectivity index (χ0v) is 15.3. The van der Waals surface area contributed by atoms with E-state index >= 15 is 0 Å². The summed E-state index contributed by atoms with van der Waals surface area (Å²) in [5, 5.41) is 0.612. The van der Waals surface area contributed by atoms with Gasteiger partial charge < -0.3 is 4.74 Å². The van der Waals surface area contributed by atoms with Crippen molar-refractivity contribution in [3.63, 3.8) is 0 Å². The van der Waals surface area contributed by atoms with Crippen molar-refractivity contribution in [1.29, 1.82) is 0 Å². The maximum Gasteiger partial charge on any atom is 0.310 e. The zero-order valence-electron chi connectivity index (χ0n) is 14.4. The van der Waals surface area contributed by atoms with Gasteiger partial charge in [-0.1, -0.05) is 6.07 Å². The summed E-state index contributed by atoms with van der Waals surface area (Å²) in [4.78, 5) is 16.6. The van der Waals surface area contributed by atoms with Gasteiger partial charge in [0.05, 0.1) is 22.9 Å². The van der Waals surface area contributed by atoms with Crippen LogP contribution in [0.3, 0.4) is 0 Å². The molecule has 1 saturated heterocycles. The molecule has 3 rings (SSSR count). The minimum Gasteiger partial charge on any atom is -0.466 e. The zero-order chi connectivity index (χ0) is 18.0. The minimum atomic E-state index is -3.70. The molecular weight excluding hydrogens is 340 g/mol. The highest BCUT2D eigenvalue weighted by atomic mass is 32.2. The van der Waals surface area contributed by atoms with E-state index < -0.39 is 15.9 Å². The Hall–Kier alpha value is -1.99. The summed E-state index contributed by atoms with van der Waals surface area (Å²) in [5.41, 5.74) is 1.61. The van der Waals surface area contributed by atoms with Crippen molar-refractivity contribution in [3.8, 4) is 0 Å². The van der Waals surface area contributed by atoms with Crippen LogP contribution in [-0.2, 0) is 19.6 Å². The molecule has 25 heavy (non-hydrogen) atoms. The quantitative estimate of drug-likeness (QED) is 0.781. The van der Waals surface area contributed by atoms with E-state index in [1.54, 1.807) is 37.4 Å². The van der Waals surface area contributed by atoms with Crippen LogP contribution in [0.15, 0.2) is 35.4 Å². The van der Waals surface area contributed by atoms with Gasteiger partial charge in [0, 0.05) is 24.7 Å². The number of ether oxygens (including phenoxy) is 1. The van der Waals surface area contributed by atoms with Crippen LogP contribution in [0.5, 0.6) is 0 Å². The summed E-state index contributed by atoms with van der Waals surface area (Å²) in [5.74, 6) is -0.726. The molecule has 1 fully saturated rings. The third-order valence-electron chi connectivity index (χ3n) is 4.55. The van der Waals surface area contributed by atoms with Gasteiger partial charge in [-0.25, -0.2) is 8.42 Å². The first kappa shape index (κ1) is 17.8. The van der Waals surface area contributed by atoms with Crippen molar-refractivity contribution < 1.29 is 17.9 Å². The molecular formula is C18H22N2O4S. The number of carbonyl (C=O) groups excluding carboxylic acids is 1. The second-order valence-corrected chi connectivity index (χ2v) is 8.14. The lowest BCUT2D eigenvalue weighted by atomic mass is 10.0. The summed E-state index contributed by atoms with van der Waals surface area (Å²) in [6.07, 6.45) is 2.95. The number of hydrogen-bond acceptors (Lipinski definition) is 5. The molecule has 2 aromatic rings. The lowest BCUT2D eigenvalue weighted by Crippen LogP contribution is -2.42. The fraction of sp³-hybridized carbons (Fsp3) is 0.444. The maximum atomic E-state index is 13.2. The highest BCUT2D eigenvalue weighted by Crippen LogP contribution is 2.29. The Balaban J connectivity index is 1.97. The summed E-state index contributed by atoms with van der Waals surface area (Å²) in [7, 11) is -3.70.